The first-order valence-electron chi connectivity index (χ1n) is 5.31. The van der Waals surface area contributed by atoms with Gasteiger partial charge in [-0.05, 0) is 13.3 Å². The van der Waals surface area contributed by atoms with E-state index in [1.54, 1.807) is 0 Å². The monoisotopic (exact) mass is 199 g/mol. The highest BCUT2D eigenvalue weighted by Gasteiger charge is 2.24. The summed E-state index contributed by atoms with van der Waals surface area (Å²) in [6, 6.07) is 0. The zero-order chi connectivity index (χ0) is 10.6. The van der Waals surface area contributed by atoms with E-state index in [0.29, 0.717) is 0 Å². The smallest absolute Gasteiger partial charge is 0.0936 e. The molecule has 0 aromatic rings. The molecule has 0 aromatic carbocycles. The normalized spacial score (nSPS) is 29.1. The highest BCUT2D eigenvalue weighted by Crippen LogP contribution is 2.12. The van der Waals surface area contributed by atoms with Crippen molar-refractivity contribution in [3.8, 4) is 0 Å². The first kappa shape index (κ1) is 11.7. The lowest BCUT2D eigenvalue weighted by Crippen LogP contribution is -2.48. The molecule has 1 rings (SSSR count). The lowest BCUT2D eigenvalue weighted by molar-refractivity contribution is -0.0930. The molecule has 0 bridgehead atoms. The highest BCUT2D eigenvalue weighted by molar-refractivity contribution is 4.97. The zero-order valence-electron chi connectivity index (χ0n) is 9.20. The molecule has 0 aromatic heterocycles. The fourth-order valence-electron chi connectivity index (χ4n) is 1.80. The van der Waals surface area contributed by atoms with Crippen molar-refractivity contribution in [2.75, 3.05) is 26.2 Å². The maximum atomic E-state index is 9.04. The quantitative estimate of drug-likeness (QED) is 0.687. The molecular formula is C11H21NO2. The molecular weight excluding hydrogens is 178 g/mol. The predicted molar refractivity (Wildman–Crippen MR) is 57.3 cm³/mol. The van der Waals surface area contributed by atoms with Crippen molar-refractivity contribution >= 4 is 0 Å². The Kier molecular flexibility index (Phi) is 4.58. The van der Waals surface area contributed by atoms with Gasteiger partial charge in [-0.15, -0.1) is 0 Å². The van der Waals surface area contributed by atoms with Crippen molar-refractivity contribution in [1.29, 1.82) is 0 Å². The minimum absolute atomic E-state index is 0.0246. The molecule has 0 aliphatic carbocycles. The number of hydrogen-bond donors (Lipinski definition) is 1. The molecule has 1 fully saturated rings. The van der Waals surface area contributed by atoms with E-state index in [-0.39, 0.29) is 18.8 Å². The summed E-state index contributed by atoms with van der Waals surface area (Å²) in [5.74, 6) is 0. The van der Waals surface area contributed by atoms with E-state index in [1.807, 2.05) is 6.92 Å². The maximum Gasteiger partial charge on any atom is 0.0936 e. The van der Waals surface area contributed by atoms with Gasteiger partial charge in [-0.3, -0.25) is 4.90 Å². The fraction of sp³-hybridized carbons (Fsp3) is 0.818. The summed E-state index contributed by atoms with van der Waals surface area (Å²) >= 11 is 0. The van der Waals surface area contributed by atoms with Crippen LogP contribution in [0.5, 0.6) is 0 Å². The molecule has 82 valence electrons. The molecule has 2 atom stereocenters. The van der Waals surface area contributed by atoms with Gasteiger partial charge in [0.25, 0.3) is 0 Å². The molecule has 3 nitrogen and oxygen atoms in total. The van der Waals surface area contributed by atoms with Gasteiger partial charge in [0.05, 0.1) is 18.8 Å². The van der Waals surface area contributed by atoms with Crippen molar-refractivity contribution in [2.45, 2.75) is 32.5 Å². The van der Waals surface area contributed by atoms with Crippen LogP contribution in [-0.2, 0) is 4.74 Å². The summed E-state index contributed by atoms with van der Waals surface area (Å²) in [6.07, 6.45) is 1.21. The molecule has 1 aliphatic heterocycles. The second-order valence-corrected chi connectivity index (χ2v) is 4.05. The van der Waals surface area contributed by atoms with Crippen LogP contribution >= 0.6 is 0 Å². The van der Waals surface area contributed by atoms with Crippen LogP contribution in [-0.4, -0.2) is 48.5 Å². The molecule has 0 saturated carbocycles. The molecule has 0 amide bonds. The number of aliphatic hydroxyl groups excluding tert-OH is 1. The summed E-state index contributed by atoms with van der Waals surface area (Å²) < 4.78 is 5.56. The Balaban J connectivity index is 2.40. The summed E-state index contributed by atoms with van der Waals surface area (Å²) in [5.41, 5.74) is 1.25. The van der Waals surface area contributed by atoms with Crippen molar-refractivity contribution in [3.63, 3.8) is 0 Å². The van der Waals surface area contributed by atoms with Crippen LogP contribution in [0.15, 0.2) is 12.2 Å². The number of nitrogens with zero attached hydrogens (tertiary/aromatic N) is 1. The average molecular weight is 199 g/mol. The van der Waals surface area contributed by atoms with Crippen molar-refractivity contribution < 1.29 is 9.84 Å². The highest BCUT2D eigenvalue weighted by atomic mass is 16.5. The van der Waals surface area contributed by atoms with E-state index in [0.717, 1.165) is 26.1 Å². The van der Waals surface area contributed by atoms with E-state index in [1.165, 1.54) is 5.57 Å². The van der Waals surface area contributed by atoms with E-state index < -0.39 is 0 Å². The third kappa shape index (κ3) is 3.40. The minimum atomic E-state index is -0.0246. The summed E-state index contributed by atoms with van der Waals surface area (Å²) in [6.45, 7) is 11.0. The Morgan fingerprint density at radius 1 is 1.57 bits per heavy atom. The molecule has 2 unspecified atom stereocenters. The Morgan fingerprint density at radius 3 is 2.86 bits per heavy atom. The number of hydrogen-bond acceptors (Lipinski definition) is 3. The van der Waals surface area contributed by atoms with E-state index >= 15 is 0 Å². The van der Waals surface area contributed by atoms with Gasteiger partial charge in [0.15, 0.2) is 0 Å². The Bertz CT molecular complexity index is 194. The molecule has 1 N–H and O–H groups in total. The Labute approximate surface area is 86.4 Å². The van der Waals surface area contributed by atoms with E-state index in [2.05, 4.69) is 18.4 Å². The van der Waals surface area contributed by atoms with E-state index in [4.69, 9.17) is 9.84 Å². The van der Waals surface area contributed by atoms with Gasteiger partial charge in [0, 0.05) is 19.6 Å². The summed E-state index contributed by atoms with van der Waals surface area (Å²) in [4.78, 5) is 2.31. The first-order chi connectivity index (χ1) is 6.65. The molecule has 0 spiro atoms. The number of aliphatic hydroxyl groups is 1. The van der Waals surface area contributed by atoms with E-state index in [9.17, 15) is 0 Å². The second kappa shape index (κ2) is 5.49. The van der Waals surface area contributed by atoms with Crippen LogP contribution < -0.4 is 0 Å². The van der Waals surface area contributed by atoms with Crippen molar-refractivity contribution in [1.82, 2.24) is 4.90 Å². The van der Waals surface area contributed by atoms with Gasteiger partial charge < -0.3 is 9.84 Å². The van der Waals surface area contributed by atoms with Crippen LogP contribution in [0.3, 0.4) is 0 Å². The van der Waals surface area contributed by atoms with Crippen LogP contribution in [0.25, 0.3) is 0 Å². The molecule has 1 saturated heterocycles. The third-order valence-electron chi connectivity index (χ3n) is 2.55. The number of ether oxygens (including phenoxy) is 1. The second-order valence-electron chi connectivity index (χ2n) is 4.05. The van der Waals surface area contributed by atoms with Crippen molar-refractivity contribution in [3.05, 3.63) is 12.2 Å². The van der Waals surface area contributed by atoms with Crippen LogP contribution in [0.2, 0.25) is 0 Å². The van der Waals surface area contributed by atoms with Crippen LogP contribution in [0, 0.1) is 0 Å². The summed E-state index contributed by atoms with van der Waals surface area (Å²) in [7, 11) is 0. The van der Waals surface area contributed by atoms with Gasteiger partial charge in [-0.1, -0.05) is 19.1 Å². The molecule has 1 heterocycles. The topological polar surface area (TPSA) is 32.7 Å². The average Bonchev–Trinajstić information content (AvgIpc) is 2.16. The summed E-state index contributed by atoms with van der Waals surface area (Å²) in [5, 5.41) is 9.04. The lowest BCUT2D eigenvalue weighted by atomic mass is 10.1. The molecule has 1 aliphatic rings. The minimum Gasteiger partial charge on any atom is -0.394 e. The van der Waals surface area contributed by atoms with Gasteiger partial charge in [-0.25, -0.2) is 0 Å². The standard InChI is InChI=1S/C11H21NO2/c1-4-9(2)5-12-6-10(3)14-11(7-12)8-13/h10-11,13H,2,4-8H2,1,3H3. The lowest BCUT2D eigenvalue weighted by Gasteiger charge is -2.36. The van der Waals surface area contributed by atoms with Gasteiger partial charge >= 0.3 is 0 Å². The van der Waals surface area contributed by atoms with Gasteiger partial charge in [0.2, 0.25) is 0 Å². The number of rotatable bonds is 4. The molecule has 3 heteroatoms. The largest absolute Gasteiger partial charge is 0.394 e. The Morgan fingerprint density at radius 2 is 2.29 bits per heavy atom. The fourth-order valence-corrected chi connectivity index (χ4v) is 1.80. The van der Waals surface area contributed by atoms with Crippen molar-refractivity contribution in [2.24, 2.45) is 0 Å². The van der Waals surface area contributed by atoms with Crippen LogP contribution in [0.1, 0.15) is 20.3 Å². The van der Waals surface area contributed by atoms with Crippen LogP contribution in [0.4, 0.5) is 0 Å². The van der Waals surface area contributed by atoms with Gasteiger partial charge in [0.1, 0.15) is 0 Å². The third-order valence-corrected chi connectivity index (χ3v) is 2.55. The first-order valence-corrected chi connectivity index (χ1v) is 5.31. The predicted octanol–water partition coefficient (Wildman–Crippen LogP) is 1.03. The SMILES string of the molecule is C=C(CC)CN1CC(C)OC(CO)C1. The number of morpholine rings is 1. The molecule has 0 radical (unpaired) electrons. The zero-order valence-corrected chi connectivity index (χ0v) is 9.20. The Hall–Kier alpha value is -0.380. The van der Waals surface area contributed by atoms with Gasteiger partial charge in [-0.2, -0.15) is 0 Å². The maximum absolute atomic E-state index is 9.04. The molecule has 14 heavy (non-hydrogen) atoms.